The van der Waals surface area contributed by atoms with Crippen LogP contribution in [0.15, 0.2) is 38.7 Å². The number of carbonyl (C=O) groups excluding carboxylic acids is 1. The summed E-state index contributed by atoms with van der Waals surface area (Å²) in [5.74, 6) is 0.294. The summed E-state index contributed by atoms with van der Waals surface area (Å²) in [4.78, 5) is 29.7. The molecule has 0 saturated carbocycles. The second-order valence-electron chi connectivity index (χ2n) is 5.74. The zero-order valence-corrected chi connectivity index (χ0v) is 15.9. The summed E-state index contributed by atoms with van der Waals surface area (Å²) in [6, 6.07) is 7.48. The number of benzene rings is 1. The molecule has 0 saturated heterocycles. The molecule has 24 heavy (non-hydrogen) atoms. The number of carbonyl (C=O) groups is 1. The maximum absolute atomic E-state index is 12.6. The molecule has 7 heteroatoms. The van der Waals surface area contributed by atoms with Gasteiger partial charge < -0.3 is 5.32 Å². The molecule has 5 nitrogen and oxygen atoms in total. The molecular weight excluding hydrogens is 390 g/mol. The van der Waals surface area contributed by atoms with Crippen molar-refractivity contribution in [3.05, 3.63) is 50.3 Å². The summed E-state index contributed by atoms with van der Waals surface area (Å²) >= 11 is 4.86. The molecule has 1 aromatic carbocycles. The van der Waals surface area contributed by atoms with E-state index in [0.717, 1.165) is 21.4 Å². The van der Waals surface area contributed by atoms with Gasteiger partial charge in [0.2, 0.25) is 5.91 Å². The van der Waals surface area contributed by atoms with Crippen molar-refractivity contribution in [2.45, 2.75) is 32.0 Å². The van der Waals surface area contributed by atoms with Gasteiger partial charge in [0, 0.05) is 33.7 Å². The summed E-state index contributed by atoms with van der Waals surface area (Å²) in [5, 5.41) is 3.63. The van der Waals surface area contributed by atoms with Gasteiger partial charge in [-0.15, -0.1) is 0 Å². The van der Waals surface area contributed by atoms with E-state index in [1.165, 1.54) is 11.8 Å². The maximum atomic E-state index is 12.6. The number of halogens is 1. The lowest BCUT2D eigenvalue weighted by molar-refractivity contribution is -0.119. The number of rotatable bonds is 3. The van der Waals surface area contributed by atoms with Crippen molar-refractivity contribution in [1.82, 2.24) is 9.55 Å². The highest BCUT2D eigenvalue weighted by Gasteiger charge is 2.28. The standard InChI is InChI=1S/C17H18BrN3O2S/c1-3-14-10(2)19-17-21(16(14)23)8-11(9-24-17)15(22)20-13-6-4-5-12(18)7-13/h4-7,11H,3,8-9H2,1-2H3,(H,20,22)/t11-/m1/s1. The Morgan fingerprint density at radius 1 is 1.50 bits per heavy atom. The minimum Gasteiger partial charge on any atom is -0.326 e. The number of nitrogens with zero attached hydrogens (tertiary/aromatic N) is 2. The fourth-order valence-electron chi connectivity index (χ4n) is 2.77. The Morgan fingerprint density at radius 2 is 2.29 bits per heavy atom. The molecule has 3 rings (SSSR count). The Kier molecular flexibility index (Phi) is 5.10. The highest BCUT2D eigenvalue weighted by atomic mass is 79.9. The molecule has 2 heterocycles. The molecule has 2 aromatic rings. The Morgan fingerprint density at radius 3 is 3.00 bits per heavy atom. The first-order valence-electron chi connectivity index (χ1n) is 7.79. The van der Waals surface area contributed by atoms with Crippen LogP contribution in [0.3, 0.4) is 0 Å². The topological polar surface area (TPSA) is 64.0 Å². The number of hydrogen-bond acceptors (Lipinski definition) is 4. The molecule has 0 fully saturated rings. The van der Waals surface area contributed by atoms with E-state index in [2.05, 4.69) is 26.2 Å². The normalized spacial score (nSPS) is 16.5. The second kappa shape index (κ2) is 7.11. The van der Waals surface area contributed by atoms with E-state index in [-0.39, 0.29) is 17.4 Å². The monoisotopic (exact) mass is 407 g/mol. The molecule has 0 radical (unpaired) electrons. The van der Waals surface area contributed by atoms with Crippen LogP contribution in [-0.2, 0) is 17.8 Å². The summed E-state index contributed by atoms with van der Waals surface area (Å²) in [6.07, 6.45) is 0.650. The maximum Gasteiger partial charge on any atom is 0.257 e. The highest BCUT2D eigenvalue weighted by molar-refractivity contribution is 9.10. The lowest BCUT2D eigenvalue weighted by Crippen LogP contribution is -2.38. The minimum absolute atomic E-state index is 0.0209. The zero-order chi connectivity index (χ0) is 17.3. The van der Waals surface area contributed by atoms with E-state index in [9.17, 15) is 9.59 Å². The molecule has 1 atom stereocenters. The van der Waals surface area contributed by atoms with Gasteiger partial charge >= 0.3 is 0 Å². The molecule has 1 aromatic heterocycles. The van der Waals surface area contributed by atoms with E-state index in [1.54, 1.807) is 4.57 Å². The van der Waals surface area contributed by atoms with Crippen molar-refractivity contribution in [2.24, 2.45) is 5.92 Å². The molecular formula is C17H18BrN3O2S. The smallest absolute Gasteiger partial charge is 0.257 e. The van der Waals surface area contributed by atoms with Crippen LogP contribution >= 0.6 is 27.7 Å². The number of amides is 1. The first-order chi connectivity index (χ1) is 11.5. The third kappa shape index (κ3) is 3.42. The third-order valence-electron chi connectivity index (χ3n) is 4.07. The van der Waals surface area contributed by atoms with Gasteiger partial charge in [-0.1, -0.05) is 40.7 Å². The molecule has 0 bridgehead atoms. The van der Waals surface area contributed by atoms with Crippen molar-refractivity contribution in [1.29, 1.82) is 0 Å². The molecule has 1 N–H and O–H groups in total. The summed E-state index contributed by atoms with van der Waals surface area (Å²) in [6.45, 7) is 4.20. The van der Waals surface area contributed by atoms with E-state index in [0.29, 0.717) is 23.9 Å². The number of aryl methyl sites for hydroxylation is 1. The van der Waals surface area contributed by atoms with Crippen LogP contribution in [0.5, 0.6) is 0 Å². The average Bonchev–Trinajstić information content (AvgIpc) is 2.55. The lowest BCUT2D eigenvalue weighted by Gasteiger charge is -2.25. The molecule has 1 aliphatic heterocycles. The van der Waals surface area contributed by atoms with E-state index >= 15 is 0 Å². The first kappa shape index (κ1) is 17.2. The number of aromatic nitrogens is 2. The van der Waals surface area contributed by atoms with Crippen LogP contribution in [0.2, 0.25) is 0 Å². The molecule has 0 spiro atoms. The van der Waals surface area contributed by atoms with Gasteiger partial charge in [0.15, 0.2) is 5.16 Å². The second-order valence-corrected chi connectivity index (χ2v) is 7.64. The Bertz CT molecular complexity index is 850. The first-order valence-corrected chi connectivity index (χ1v) is 9.57. The number of fused-ring (bicyclic) bond motifs is 1. The van der Waals surface area contributed by atoms with Crippen molar-refractivity contribution in [3.8, 4) is 0 Å². The van der Waals surface area contributed by atoms with E-state index in [4.69, 9.17) is 0 Å². The van der Waals surface area contributed by atoms with Gasteiger partial charge in [0.05, 0.1) is 5.92 Å². The number of hydrogen-bond donors (Lipinski definition) is 1. The third-order valence-corrected chi connectivity index (χ3v) is 5.70. The van der Waals surface area contributed by atoms with E-state index < -0.39 is 0 Å². The van der Waals surface area contributed by atoms with Crippen molar-refractivity contribution >= 4 is 39.3 Å². The van der Waals surface area contributed by atoms with Gasteiger partial charge in [-0.3, -0.25) is 14.2 Å². The van der Waals surface area contributed by atoms with Crippen molar-refractivity contribution in [3.63, 3.8) is 0 Å². The predicted octanol–water partition coefficient (Wildman–Crippen LogP) is 3.24. The van der Waals surface area contributed by atoms with Crippen LogP contribution in [0, 0.1) is 12.8 Å². The average molecular weight is 408 g/mol. The van der Waals surface area contributed by atoms with Crippen LogP contribution in [0.4, 0.5) is 5.69 Å². The van der Waals surface area contributed by atoms with Gasteiger partial charge in [0.1, 0.15) is 0 Å². The Hall–Kier alpha value is -1.60. The van der Waals surface area contributed by atoms with Crippen LogP contribution < -0.4 is 10.9 Å². The van der Waals surface area contributed by atoms with Gasteiger partial charge in [-0.25, -0.2) is 4.98 Å². The molecule has 0 unspecified atom stereocenters. The largest absolute Gasteiger partial charge is 0.326 e. The molecule has 1 amide bonds. The van der Waals surface area contributed by atoms with Crippen molar-refractivity contribution in [2.75, 3.05) is 11.1 Å². The number of anilines is 1. The van der Waals surface area contributed by atoms with Crippen LogP contribution in [-0.4, -0.2) is 21.2 Å². The van der Waals surface area contributed by atoms with Crippen molar-refractivity contribution < 1.29 is 4.79 Å². The van der Waals surface area contributed by atoms with Crippen LogP contribution in [0.1, 0.15) is 18.2 Å². The van der Waals surface area contributed by atoms with Gasteiger partial charge in [-0.05, 0) is 31.5 Å². The quantitative estimate of drug-likeness (QED) is 0.793. The van der Waals surface area contributed by atoms with Gasteiger partial charge in [0.25, 0.3) is 5.56 Å². The van der Waals surface area contributed by atoms with E-state index in [1.807, 2.05) is 38.1 Å². The van der Waals surface area contributed by atoms with Gasteiger partial charge in [-0.2, -0.15) is 0 Å². The minimum atomic E-state index is -0.256. The molecule has 0 aliphatic carbocycles. The lowest BCUT2D eigenvalue weighted by atomic mass is 10.1. The number of nitrogens with one attached hydrogen (secondary N) is 1. The highest BCUT2D eigenvalue weighted by Crippen LogP contribution is 2.27. The fourth-order valence-corrected chi connectivity index (χ4v) is 4.29. The summed E-state index contributed by atoms with van der Waals surface area (Å²) in [7, 11) is 0. The zero-order valence-electron chi connectivity index (χ0n) is 13.5. The number of thioether (sulfide) groups is 1. The summed E-state index contributed by atoms with van der Waals surface area (Å²) in [5.41, 5.74) is 2.24. The molecule has 1 aliphatic rings. The fraction of sp³-hybridized carbons (Fsp3) is 0.353. The van der Waals surface area contributed by atoms with Crippen LogP contribution in [0.25, 0.3) is 0 Å². The SMILES string of the molecule is CCc1c(C)nc2n(c1=O)C[C@@H](C(=O)Nc1cccc(Br)c1)CS2. The molecule has 126 valence electrons. The predicted molar refractivity (Wildman–Crippen MR) is 99.6 cm³/mol. The Labute approximate surface area is 153 Å². The summed E-state index contributed by atoms with van der Waals surface area (Å²) < 4.78 is 2.55. The Balaban J connectivity index is 1.82.